The van der Waals surface area contributed by atoms with Crippen LogP contribution in [0.3, 0.4) is 0 Å². The van der Waals surface area contributed by atoms with Gasteiger partial charge in [-0.05, 0) is 62.9 Å². The molecule has 2 heterocycles. The summed E-state index contributed by atoms with van der Waals surface area (Å²) in [5.74, 6) is 0.689. The maximum atomic E-state index is 5.19. The number of hydrogen-bond donors (Lipinski definition) is 0. The molecule has 7 aromatic rings. The lowest BCUT2D eigenvalue weighted by molar-refractivity contribution is 1.18. The fourth-order valence-electron chi connectivity index (χ4n) is 5.68. The molecule has 5 aromatic carbocycles. The van der Waals surface area contributed by atoms with Crippen molar-refractivity contribution in [2.75, 3.05) is 0 Å². The number of rotatable bonds is 7. The Morgan fingerprint density at radius 3 is 1.79 bits per heavy atom. The van der Waals surface area contributed by atoms with Crippen LogP contribution in [0.2, 0.25) is 0 Å². The number of hydrogen-bond acceptors (Lipinski definition) is 3. The van der Waals surface area contributed by atoms with Crippen molar-refractivity contribution in [2.24, 2.45) is 0 Å². The maximum absolute atomic E-state index is 5.19. The summed E-state index contributed by atoms with van der Waals surface area (Å²) in [6, 6.07) is 48.5. The van der Waals surface area contributed by atoms with Crippen molar-refractivity contribution in [2.45, 2.75) is 6.92 Å². The number of nitrogens with zero attached hydrogens (tertiary/aromatic N) is 3. The van der Waals surface area contributed by atoms with E-state index in [-0.39, 0.29) is 0 Å². The first-order valence-electron chi connectivity index (χ1n) is 15.8. The van der Waals surface area contributed by atoms with Crippen LogP contribution >= 0.6 is 0 Å². The molecule has 0 atom stereocenters. The molecule has 0 fully saturated rings. The van der Waals surface area contributed by atoms with E-state index >= 15 is 0 Å². The van der Waals surface area contributed by atoms with Crippen molar-refractivity contribution in [1.82, 2.24) is 15.0 Å². The first-order chi connectivity index (χ1) is 23.2. The van der Waals surface area contributed by atoms with Gasteiger partial charge < -0.3 is 0 Å². The first-order valence-corrected chi connectivity index (χ1v) is 15.8. The molecule has 47 heavy (non-hydrogen) atoms. The van der Waals surface area contributed by atoms with Gasteiger partial charge in [0.2, 0.25) is 0 Å². The third-order valence-corrected chi connectivity index (χ3v) is 8.20. The van der Waals surface area contributed by atoms with Gasteiger partial charge in [0.1, 0.15) is 0 Å². The Hall–Kier alpha value is -6.19. The standard InChI is InChI=1S/C44H33N3/c1-2-3-10-34-13-7-8-14-40(34)29-32-16-18-39(19-17-32)44-46-31-42(37-24-20-35(21-25-37)33-11-5-4-6-12-33)43(47-44)38-26-22-36(23-27-38)41-15-9-28-45-30-41/h2-31H,1H3/b3-2-,34-10-,40-29+. The van der Waals surface area contributed by atoms with E-state index in [9.17, 15) is 0 Å². The summed E-state index contributed by atoms with van der Waals surface area (Å²) in [5.41, 5.74) is 10.6. The molecule has 0 unspecified atom stereocenters. The third-order valence-electron chi connectivity index (χ3n) is 8.20. The highest BCUT2D eigenvalue weighted by atomic mass is 14.9. The summed E-state index contributed by atoms with van der Waals surface area (Å²) >= 11 is 0. The van der Waals surface area contributed by atoms with Gasteiger partial charge >= 0.3 is 0 Å². The van der Waals surface area contributed by atoms with E-state index in [0.29, 0.717) is 5.82 Å². The van der Waals surface area contributed by atoms with Crippen molar-refractivity contribution >= 4 is 12.2 Å². The summed E-state index contributed by atoms with van der Waals surface area (Å²) in [5, 5.41) is 2.36. The smallest absolute Gasteiger partial charge is 0.159 e. The van der Waals surface area contributed by atoms with Crippen LogP contribution in [0.15, 0.2) is 170 Å². The van der Waals surface area contributed by atoms with Gasteiger partial charge in [0, 0.05) is 35.3 Å². The summed E-state index contributed by atoms with van der Waals surface area (Å²) in [4.78, 5) is 14.4. The molecule has 0 saturated carbocycles. The van der Waals surface area contributed by atoms with Gasteiger partial charge in [-0.2, -0.15) is 0 Å². The highest BCUT2D eigenvalue weighted by Crippen LogP contribution is 2.34. The molecule has 2 aromatic heterocycles. The fraction of sp³-hybridized carbons (Fsp3) is 0.0227. The van der Waals surface area contributed by atoms with Crippen molar-refractivity contribution in [3.05, 3.63) is 186 Å². The molecule has 0 bridgehead atoms. The maximum Gasteiger partial charge on any atom is 0.159 e. The Morgan fingerprint density at radius 2 is 1.09 bits per heavy atom. The van der Waals surface area contributed by atoms with E-state index in [2.05, 4.69) is 151 Å². The SMILES string of the molecule is C\C=C/C=c1/cccc/c1=C\c1ccc(-c2ncc(-c3ccc(-c4ccccc4)cc3)c(-c3ccc(-c4cccnc4)cc3)n2)cc1. The molecule has 3 heteroatoms. The molecule has 0 aliphatic carbocycles. The lowest BCUT2D eigenvalue weighted by Crippen LogP contribution is -2.23. The topological polar surface area (TPSA) is 38.7 Å². The Balaban J connectivity index is 1.27. The van der Waals surface area contributed by atoms with Crippen LogP contribution in [0.5, 0.6) is 0 Å². The Kier molecular flexibility index (Phi) is 8.70. The summed E-state index contributed by atoms with van der Waals surface area (Å²) < 4.78 is 0. The molecule has 0 aliphatic rings. The number of allylic oxidation sites excluding steroid dienone is 2. The number of pyridine rings is 1. The molecule has 0 N–H and O–H groups in total. The average Bonchev–Trinajstić information content (AvgIpc) is 3.15. The van der Waals surface area contributed by atoms with E-state index < -0.39 is 0 Å². The van der Waals surface area contributed by atoms with E-state index in [4.69, 9.17) is 9.97 Å². The van der Waals surface area contributed by atoms with Gasteiger partial charge in [-0.15, -0.1) is 0 Å². The Morgan fingerprint density at radius 1 is 0.489 bits per heavy atom. The van der Waals surface area contributed by atoms with Gasteiger partial charge in [-0.25, -0.2) is 9.97 Å². The summed E-state index contributed by atoms with van der Waals surface area (Å²) in [6.45, 7) is 2.03. The molecule has 7 rings (SSSR count). The van der Waals surface area contributed by atoms with Crippen molar-refractivity contribution in [1.29, 1.82) is 0 Å². The predicted molar refractivity (Wildman–Crippen MR) is 196 cm³/mol. The molecule has 0 saturated heterocycles. The molecule has 0 radical (unpaired) electrons. The Bertz CT molecular complexity index is 2250. The van der Waals surface area contributed by atoms with Crippen LogP contribution in [-0.4, -0.2) is 15.0 Å². The van der Waals surface area contributed by atoms with Crippen LogP contribution in [0.1, 0.15) is 12.5 Å². The van der Waals surface area contributed by atoms with Gasteiger partial charge in [-0.3, -0.25) is 4.98 Å². The number of aromatic nitrogens is 3. The first kappa shape index (κ1) is 29.5. The third kappa shape index (κ3) is 6.75. The quantitative estimate of drug-likeness (QED) is 0.182. The van der Waals surface area contributed by atoms with Crippen LogP contribution in [0.4, 0.5) is 0 Å². The van der Waals surface area contributed by atoms with Gasteiger partial charge in [0.05, 0.1) is 5.69 Å². The van der Waals surface area contributed by atoms with E-state index in [1.807, 2.05) is 37.5 Å². The van der Waals surface area contributed by atoms with Gasteiger partial charge in [0.15, 0.2) is 5.82 Å². The van der Waals surface area contributed by atoms with Crippen LogP contribution < -0.4 is 10.4 Å². The molecule has 224 valence electrons. The Labute approximate surface area is 275 Å². The zero-order valence-corrected chi connectivity index (χ0v) is 26.2. The van der Waals surface area contributed by atoms with Crippen LogP contribution in [0.25, 0.3) is 68.2 Å². The van der Waals surface area contributed by atoms with Gasteiger partial charge in [-0.1, -0.05) is 152 Å². The predicted octanol–water partition coefficient (Wildman–Crippen LogP) is 9.39. The molecule has 3 nitrogen and oxygen atoms in total. The normalized spacial score (nSPS) is 12.1. The molecular weight excluding hydrogens is 571 g/mol. The largest absolute Gasteiger partial charge is 0.264 e. The van der Waals surface area contributed by atoms with Crippen molar-refractivity contribution < 1.29 is 0 Å². The molecule has 0 amide bonds. The molecule has 0 aliphatic heterocycles. The second-order valence-electron chi connectivity index (χ2n) is 11.3. The average molecular weight is 604 g/mol. The van der Waals surface area contributed by atoms with E-state index in [0.717, 1.165) is 44.6 Å². The van der Waals surface area contributed by atoms with E-state index in [1.165, 1.54) is 21.6 Å². The summed E-state index contributed by atoms with van der Waals surface area (Å²) in [7, 11) is 0. The zero-order chi connectivity index (χ0) is 31.8. The van der Waals surface area contributed by atoms with E-state index in [1.54, 1.807) is 6.20 Å². The van der Waals surface area contributed by atoms with Crippen molar-refractivity contribution in [3.63, 3.8) is 0 Å². The summed E-state index contributed by atoms with van der Waals surface area (Å²) in [6.07, 6.45) is 14.1. The van der Waals surface area contributed by atoms with Crippen molar-refractivity contribution in [3.8, 4) is 56.0 Å². The fourth-order valence-corrected chi connectivity index (χ4v) is 5.68. The van der Waals surface area contributed by atoms with Gasteiger partial charge in [0.25, 0.3) is 0 Å². The highest BCUT2D eigenvalue weighted by Gasteiger charge is 2.14. The second-order valence-corrected chi connectivity index (χ2v) is 11.3. The number of benzene rings is 5. The molecule has 0 spiro atoms. The minimum absolute atomic E-state index is 0.689. The lowest BCUT2D eigenvalue weighted by Gasteiger charge is -2.13. The second kappa shape index (κ2) is 13.8. The zero-order valence-electron chi connectivity index (χ0n) is 26.2. The lowest BCUT2D eigenvalue weighted by atomic mass is 9.96. The van der Waals surface area contributed by atoms with Crippen LogP contribution in [0, 0.1) is 0 Å². The molecular formula is C44H33N3. The van der Waals surface area contributed by atoms with Crippen LogP contribution in [-0.2, 0) is 0 Å². The highest BCUT2D eigenvalue weighted by molar-refractivity contribution is 5.83. The minimum Gasteiger partial charge on any atom is -0.264 e. The minimum atomic E-state index is 0.689. The monoisotopic (exact) mass is 603 g/mol.